The van der Waals surface area contributed by atoms with E-state index in [2.05, 4.69) is 20.2 Å². The lowest BCUT2D eigenvalue weighted by atomic mass is 10.1. The molecule has 4 nitrogen and oxygen atoms in total. The highest BCUT2D eigenvalue weighted by Crippen LogP contribution is 2.29. The van der Waals surface area contributed by atoms with Gasteiger partial charge in [-0.15, -0.1) is 0 Å². The van der Waals surface area contributed by atoms with Crippen molar-refractivity contribution >= 4 is 5.82 Å². The minimum Gasteiger partial charge on any atom is -0.366 e. The molecule has 2 atom stereocenters. The highest BCUT2D eigenvalue weighted by molar-refractivity contribution is 5.34. The van der Waals surface area contributed by atoms with Gasteiger partial charge in [-0.3, -0.25) is 4.90 Å². The summed E-state index contributed by atoms with van der Waals surface area (Å²) in [5.41, 5.74) is 0. The zero-order valence-electron chi connectivity index (χ0n) is 8.76. The average molecular weight is 204 g/mol. The first kappa shape index (κ1) is 9.09. The van der Waals surface area contributed by atoms with Gasteiger partial charge in [0.2, 0.25) is 0 Å². The fraction of sp³-hybridized carbons (Fsp3) is 0.636. The van der Waals surface area contributed by atoms with Crippen LogP contribution in [0.15, 0.2) is 18.6 Å². The Balaban J connectivity index is 1.69. The molecule has 0 aromatic carbocycles. The number of fused-ring (bicyclic) bond motifs is 1. The third kappa shape index (κ3) is 1.69. The van der Waals surface area contributed by atoms with E-state index in [4.69, 9.17) is 0 Å². The number of nitrogens with zero attached hydrogens (tertiary/aromatic N) is 3. The molecule has 4 heteroatoms. The number of hydrogen-bond donors (Lipinski definition) is 1. The van der Waals surface area contributed by atoms with Gasteiger partial charge in [-0.2, -0.15) is 0 Å². The average Bonchev–Trinajstić information content (AvgIpc) is 2.85. The Morgan fingerprint density at radius 3 is 3.20 bits per heavy atom. The number of anilines is 1. The lowest BCUT2D eigenvalue weighted by Gasteiger charge is -2.21. The monoisotopic (exact) mass is 204 g/mol. The maximum Gasteiger partial charge on any atom is 0.129 e. The predicted octanol–water partition coefficient (Wildman–Crippen LogP) is 1.13. The molecule has 1 aromatic rings. The van der Waals surface area contributed by atoms with Gasteiger partial charge in [-0.05, 0) is 31.9 Å². The SMILES string of the molecule is c1cc(NC2CCN3CCCC23)ncn1. The summed E-state index contributed by atoms with van der Waals surface area (Å²) in [6.07, 6.45) is 7.32. The van der Waals surface area contributed by atoms with E-state index < -0.39 is 0 Å². The number of aromatic nitrogens is 2. The van der Waals surface area contributed by atoms with Crippen molar-refractivity contribution in [1.82, 2.24) is 14.9 Å². The summed E-state index contributed by atoms with van der Waals surface area (Å²) >= 11 is 0. The fourth-order valence-electron chi connectivity index (χ4n) is 2.82. The van der Waals surface area contributed by atoms with E-state index in [-0.39, 0.29) is 0 Å². The molecular formula is C11H16N4. The smallest absolute Gasteiger partial charge is 0.129 e. The van der Waals surface area contributed by atoms with Crippen LogP contribution < -0.4 is 5.32 Å². The Morgan fingerprint density at radius 2 is 2.33 bits per heavy atom. The van der Waals surface area contributed by atoms with E-state index in [1.165, 1.54) is 32.4 Å². The normalized spacial score (nSPS) is 30.4. The van der Waals surface area contributed by atoms with Crippen molar-refractivity contribution in [2.75, 3.05) is 18.4 Å². The zero-order valence-corrected chi connectivity index (χ0v) is 8.76. The minimum atomic E-state index is 0.586. The Hall–Kier alpha value is -1.16. The molecule has 2 aliphatic rings. The Labute approximate surface area is 89.7 Å². The first-order chi connectivity index (χ1) is 7.43. The van der Waals surface area contributed by atoms with Gasteiger partial charge < -0.3 is 5.32 Å². The van der Waals surface area contributed by atoms with Gasteiger partial charge in [-0.25, -0.2) is 9.97 Å². The van der Waals surface area contributed by atoms with E-state index in [1.807, 2.05) is 6.07 Å². The summed E-state index contributed by atoms with van der Waals surface area (Å²) < 4.78 is 0. The topological polar surface area (TPSA) is 41.0 Å². The Bertz CT molecular complexity index is 327. The second kappa shape index (κ2) is 3.77. The van der Waals surface area contributed by atoms with Crippen molar-refractivity contribution in [2.45, 2.75) is 31.3 Å². The summed E-state index contributed by atoms with van der Waals surface area (Å²) in [6.45, 7) is 2.53. The van der Waals surface area contributed by atoms with Crippen LogP contribution >= 0.6 is 0 Å². The van der Waals surface area contributed by atoms with Gasteiger partial charge >= 0.3 is 0 Å². The molecule has 0 amide bonds. The molecule has 0 radical (unpaired) electrons. The quantitative estimate of drug-likeness (QED) is 0.784. The summed E-state index contributed by atoms with van der Waals surface area (Å²) in [5.74, 6) is 0.962. The molecule has 0 bridgehead atoms. The summed E-state index contributed by atoms with van der Waals surface area (Å²) in [5, 5.41) is 3.52. The van der Waals surface area contributed by atoms with Crippen LogP contribution in [0.2, 0.25) is 0 Å². The number of hydrogen-bond acceptors (Lipinski definition) is 4. The van der Waals surface area contributed by atoms with E-state index in [0.29, 0.717) is 6.04 Å². The van der Waals surface area contributed by atoms with E-state index in [9.17, 15) is 0 Å². The third-order valence-corrected chi connectivity index (χ3v) is 3.52. The molecule has 2 aliphatic heterocycles. The van der Waals surface area contributed by atoms with E-state index in [0.717, 1.165) is 11.9 Å². The maximum absolute atomic E-state index is 4.22. The maximum atomic E-state index is 4.22. The fourth-order valence-corrected chi connectivity index (χ4v) is 2.82. The minimum absolute atomic E-state index is 0.586. The van der Waals surface area contributed by atoms with E-state index in [1.54, 1.807) is 12.5 Å². The third-order valence-electron chi connectivity index (χ3n) is 3.52. The van der Waals surface area contributed by atoms with Gasteiger partial charge in [0.05, 0.1) is 0 Å². The molecule has 80 valence electrons. The number of nitrogens with one attached hydrogen (secondary N) is 1. The zero-order chi connectivity index (χ0) is 10.1. The standard InChI is InChI=1S/C11H16N4/c1-2-10-9(4-7-15(10)6-1)14-11-3-5-12-8-13-11/h3,5,8-10H,1-2,4,6-7H2,(H,12,13,14). The van der Waals surface area contributed by atoms with Crippen molar-refractivity contribution < 1.29 is 0 Å². The molecule has 0 aliphatic carbocycles. The lowest BCUT2D eigenvalue weighted by molar-refractivity contribution is 0.318. The van der Waals surface area contributed by atoms with Crippen LogP contribution in [-0.4, -0.2) is 40.0 Å². The highest BCUT2D eigenvalue weighted by atomic mass is 15.2. The van der Waals surface area contributed by atoms with Crippen LogP contribution in [0.25, 0.3) is 0 Å². The van der Waals surface area contributed by atoms with Crippen molar-refractivity contribution in [1.29, 1.82) is 0 Å². The molecule has 2 saturated heterocycles. The lowest BCUT2D eigenvalue weighted by Crippen LogP contribution is -2.33. The Kier molecular flexibility index (Phi) is 2.29. The van der Waals surface area contributed by atoms with Crippen molar-refractivity contribution in [3.8, 4) is 0 Å². The van der Waals surface area contributed by atoms with Crippen molar-refractivity contribution in [3.05, 3.63) is 18.6 Å². The predicted molar refractivity (Wildman–Crippen MR) is 58.7 cm³/mol. The van der Waals surface area contributed by atoms with Gasteiger partial charge in [0, 0.05) is 24.8 Å². The molecule has 0 saturated carbocycles. The molecule has 0 spiro atoms. The summed E-state index contributed by atoms with van der Waals surface area (Å²) in [7, 11) is 0. The second-order valence-electron chi connectivity index (χ2n) is 4.38. The highest BCUT2D eigenvalue weighted by Gasteiger charge is 2.36. The van der Waals surface area contributed by atoms with Crippen LogP contribution in [0.1, 0.15) is 19.3 Å². The van der Waals surface area contributed by atoms with Gasteiger partial charge in [-0.1, -0.05) is 0 Å². The van der Waals surface area contributed by atoms with Crippen LogP contribution in [0.5, 0.6) is 0 Å². The summed E-state index contributed by atoms with van der Waals surface area (Å²) in [6, 6.07) is 3.26. The van der Waals surface area contributed by atoms with Crippen LogP contribution in [0.3, 0.4) is 0 Å². The van der Waals surface area contributed by atoms with Gasteiger partial charge in [0.1, 0.15) is 12.1 Å². The second-order valence-corrected chi connectivity index (χ2v) is 4.38. The molecule has 15 heavy (non-hydrogen) atoms. The summed E-state index contributed by atoms with van der Waals surface area (Å²) in [4.78, 5) is 10.7. The molecule has 1 aromatic heterocycles. The molecule has 1 N–H and O–H groups in total. The largest absolute Gasteiger partial charge is 0.366 e. The van der Waals surface area contributed by atoms with Crippen LogP contribution in [0.4, 0.5) is 5.82 Å². The van der Waals surface area contributed by atoms with Crippen molar-refractivity contribution in [3.63, 3.8) is 0 Å². The molecule has 3 heterocycles. The number of rotatable bonds is 2. The Morgan fingerprint density at radius 1 is 1.33 bits per heavy atom. The van der Waals surface area contributed by atoms with Gasteiger partial charge in [0.25, 0.3) is 0 Å². The molecule has 2 fully saturated rings. The van der Waals surface area contributed by atoms with Crippen LogP contribution in [0, 0.1) is 0 Å². The molecule has 3 rings (SSSR count). The molecule has 2 unspecified atom stereocenters. The first-order valence-corrected chi connectivity index (χ1v) is 5.70. The first-order valence-electron chi connectivity index (χ1n) is 5.70. The van der Waals surface area contributed by atoms with Crippen LogP contribution in [-0.2, 0) is 0 Å². The van der Waals surface area contributed by atoms with E-state index >= 15 is 0 Å². The molecular weight excluding hydrogens is 188 g/mol. The van der Waals surface area contributed by atoms with Crippen molar-refractivity contribution in [2.24, 2.45) is 0 Å². The van der Waals surface area contributed by atoms with Gasteiger partial charge in [0.15, 0.2) is 0 Å².